The second kappa shape index (κ2) is 4.13. The summed E-state index contributed by atoms with van der Waals surface area (Å²) in [5.74, 6) is -0.682. The van der Waals surface area contributed by atoms with Crippen molar-refractivity contribution in [3.8, 4) is 5.75 Å². The van der Waals surface area contributed by atoms with E-state index in [2.05, 4.69) is 4.99 Å². The Morgan fingerprint density at radius 1 is 1.64 bits per heavy atom. The van der Waals surface area contributed by atoms with Crippen LogP contribution in [0.2, 0.25) is 0 Å². The maximum atomic E-state index is 13.5. The van der Waals surface area contributed by atoms with Crippen LogP contribution in [0.1, 0.15) is 5.56 Å². The van der Waals surface area contributed by atoms with E-state index in [9.17, 15) is 4.39 Å². The second-order valence-corrected chi connectivity index (χ2v) is 2.70. The first-order chi connectivity index (χ1) is 6.61. The Morgan fingerprint density at radius 2 is 2.29 bits per heavy atom. The maximum absolute atomic E-state index is 13.5. The van der Waals surface area contributed by atoms with Gasteiger partial charge in [-0.15, -0.1) is 0 Å². The Bertz CT molecular complexity index is 380. The highest BCUT2D eigenvalue weighted by Crippen LogP contribution is 2.22. The molecule has 2 radical (unpaired) electrons. The number of aliphatic imine (C=N–C) groups is 1. The van der Waals surface area contributed by atoms with Crippen molar-refractivity contribution >= 4 is 25.2 Å². The third-order valence-corrected chi connectivity index (χ3v) is 1.79. The van der Waals surface area contributed by atoms with E-state index in [1.807, 2.05) is 0 Å². The topological polar surface area (TPSA) is 47.6 Å². The third-order valence-electron chi connectivity index (χ3n) is 1.79. The predicted octanol–water partition coefficient (Wildman–Crippen LogP) is 0.259. The quantitative estimate of drug-likeness (QED) is 0.415. The van der Waals surface area contributed by atoms with E-state index < -0.39 is 5.82 Å². The van der Waals surface area contributed by atoms with Crippen LogP contribution in [-0.4, -0.2) is 28.2 Å². The van der Waals surface area contributed by atoms with Crippen LogP contribution < -0.4 is 15.9 Å². The zero-order valence-electron chi connectivity index (χ0n) is 8.04. The summed E-state index contributed by atoms with van der Waals surface area (Å²) < 4.78 is 18.2. The van der Waals surface area contributed by atoms with Crippen molar-refractivity contribution in [2.45, 2.75) is 0 Å². The highest BCUT2D eigenvalue weighted by Gasteiger charge is 2.12. The molecule has 0 spiro atoms. The summed E-state index contributed by atoms with van der Waals surface area (Å²) in [6, 6.07) is 1.52. The van der Waals surface area contributed by atoms with Gasteiger partial charge in [-0.25, -0.2) is 4.39 Å². The van der Waals surface area contributed by atoms with Crippen molar-refractivity contribution in [1.82, 2.24) is 0 Å². The number of nitrogens with zero attached hydrogens (tertiary/aromatic N) is 1. The first-order valence-corrected chi connectivity index (χ1v) is 3.95. The van der Waals surface area contributed by atoms with Gasteiger partial charge < -0.3 is 10.5 Å². The number of nitrogens with two attached hydrogens (primary N) is 1. The summed E-state index contributed by atoms with van der Waals surface area (Å²) in [7, 11) is 8.45. The summed E-state index contributed by atoms with van der Waals surface area (Å²) in [5, 5.41) is 0. The smallest absolute Gasteiger partial charge is 0.187 e. The average Bonchev–Trinajstić information content (AvgIpc) is 2.15. The van der Waals surface area contributed by atoms with Crippen LogP contribution in [-0.2, 0) is 0 Å². The number of halogens is 1. The van der Waals surface area contributed by atoms with Crippen LogP contribution in [0.5, 0.6) is 5.75 Å². The SMILES string of the molecule is [B]c1cc(C=NC)c(N)c(F)c1OC. The van der Waals surface area contributed by atoms with E-state index in [0.29, 0.717) is 5.56 Å². The van der Waals surface area contributed by atoms with Gasteiger partial charge in [-0.3, -0.25) is 4.99 Å². The molecule has 3 nitrogen and oxygen atoms in total. The van der Waals surface area contributed by atoms with Gasteiger partial charge in [-0.05, 0) is 0 Å². The fraction of sp³-hybridized carbons (Fsp3) is 0.222. The van der Waals surface area contributed by atoms with Gasteiger partial charge in [0.25, 0.3) is 0 Å². The van der Waals surface area contributed by atoms with Crippen molar-refractivity contribution in [3.05, 3.63) is 17.4 Å². The van der Waals surface area contributed by atoms with Gasteiger partial charge in [0.2, 0.25) is 0 Å². The molecular weight excluding hydrogens is 182 g/mol. The number of benzene rings is 1. The summed E-state index contributed by atoms with van der Waals surface area (Å²) in [6.45, 7) is 0. The Morgan fingerprint density at radius 3 is 2.79 bits per heavy atom. The van der Waals surface area contributed by atoms with Crippen LogP contribution >= 0.6 is 0 Å². The second-order valence-electron chi connectivity index (χ2n) is 2.70. The molecule has 72 valence electrons. The number of rotatable bonds is 2. The predicted molar refractivity (Wildman–Crippen MR) is 56.3 cm³/mol. The summed E-state index contributed by atoms with van der Waals surface area (Å²) in [6.07, 6.45) is 1.44. The average molecular weight is 192 g/mol. The summed E-state index contributed by atoms with van der Waals surface area (Å²) in [5.41, 5.74) is 6.15. The molecule has 0 heterocycles. The van der Waals surface area contributed by atoms with Crippen LogP contribution in [0, 0.1) is 5.82 Å². The zero-order chi connectivity index (χ0) is 10.7. The van der Waals surface area contributed by atoms with E-state index in [1.165, 1.54) is 19.4 Å². The van der Waals surface area contributed by atoms with E-state index >= 15 is 0 Å². The molecule has 0 aromatic heterocycles. The van der Waals surface area contributed by atoms with Crippen LogP contribution in [0.3, 0.4) is 0 Å². The highest BCUT2D eigenvalue weighted by molar-refractivity contribution is 6.34. The van der Waals surface area contributed by atoms with E-state index in [0.717, 1.165) is 0 Å². The molecule has 0 aliphatic carbocycles. The molecule has 0 aliphatic rings. The van der Waals surface area contributed by atoms with E-state index in [-0.39, 0.29) is 16.9 Å². The number of anilines is 1. The molecule has 14 heavy (non-hydrogen) atoms. The third kappa shape index (κ3) is 1.71. The lowest BCUT2D eigenvalue weighted by molar-refractivity contribution is 0.391. The Labute approximate surface area is 83.2 Å². The van der Waals surface area contributed by atoms with E-state index in [4.69, 9.17) is 18.3 Å². The molecule has 2 N–H and O–H groups in total. The molecule has 0 saturated heterocycles. The minimum atomic E-state index is -0.651. The minimum absolute atomic E-state index is 0.0124. The molecule has 0 amide bonds. The van der Waals surface area contributed by atoms with Crippen molar-refractivity contribution in [3.63, 3.8) is 0 Å². The molecule has 0 saturated carbocycles. The molecule has 0 bridgehead atoms. The first kappa shape index (κ1) is 10.6. The van der Waals surface area contributed by atoms with Crippen molar-refractivity contribution in [2.75, 3.05) is 19.9 Å². The normalized spacial score (nSPS) is 10.8. The van der Waals surface area contributed by atoms with Crippen LogP contribution in [0.25, 0.3) is 0 Å². The maximum Gasteiger partial charge on any atom is 0.187 e. The van der Waals surface area contributed by atoms with Crippen molar-refractivity contribution < 1.29 is 9.13 Å². The van der Waals surface area contributed by atoms with Crippen molar-refractivity contribution in [1.29, 1.82) is 0 Å². The summed E-state index contributed by atoms with van der Waals surface area (Å²) in [4.78, 5) is 3.74. The number of ether oxygens (including phenoxy) is 1. The number of nitrogen functional groups attached to an aromatic ring is 1. The molecule has 1 aromatic rings. The Balaban J connectivity index is 3.39. The van der Waals surface area contributed by atoms with Gasteiger partial charge in [0.15, 0.2) is 5.82 Å². The van der Waals surface area contributed by atoms with Crippen LogP contribution in [0.15, 0.2) is 11.1 Å². The molecule has 0 fully saturated rings. The van der Waals surface area contributed by atoms with Gasteiger partial charge in [0.1, 0.15) is 13.6 Å². The van der Waals surface area contributed by atoms with Gasteiger partial charge >= 0.3 is 0 Å². The van der Waals surface area contributed by atoms with Crippen LogP contribution in [0.4, 0.5) is 10.1 Å². The summed E-state index contributed by atoms with van der Waals surface area (Å²) >= 11 is 0. The van der Waals surface area contributed by atoms with E-state index in [1.54, 1.807) is 7.05 Å². The molecule has 1 rings (SSSR count). The molecular formula is C9H10BFN2O. The highest BCUT2D eigenvalue weighted by atomic mass is 19.1. The fourth-order valence-electron chi connectivity index (χ4n) is 1.14. The Hall–Kier alpha value is -1.52. The lowest BCUT2D eigenvalue weighted by Crippen LogP contribution is -2.13. The monoisotopic (exact) mass is 192 g/mol. The standard InChI is InChI=1S/C9H10BFN2O/c1-13-4-5-3-6(10)9(14-2)7(11)8(5)12/h3-4H,12H2,1-2H3. The molecule has 1 aromatic carbocycles. The number of hydrogen-bond acceptors (Lipinski definition) is 3. The number of hydrogen-bond donors (Lipinski definition) is 1. The lowest BCUT2D eigenvalue weighted by Gasteiger charge is -2.10. The van der Waals surface area contributed by atoms with Crippen molar-refractivity contribution in [2.24, 2.45) is 4.99 Å². The molecule has 5 heteroatoms. The van der Waals surface area contributed by atoms with Gasteiger partial charge in [0.05, 0.1) is 12.8 Å². The zero-order valence-corrected chi connectivity index (χ0v) is 8.04. The number of methoxy groups -OCH3 is 1. The molecule has 0 atom stereocenters. The van der Waals surface area contributed by atoms with Gasteiger partial charge in [-0.2, -0.15) is 0 Å². The lowest BCUT2D eigenvalue weighted by atomic mass is 9.92. The fourth-order valence-corrected chi connectivity index (χ4v) is 1.14. The first-order valence-electron chi connectivity index (χ1n) is 3.95. The minimum Gasteiger partial charge on any atom is -0.494 e. The molecule has 0 aliphatic heterocycles. The van der Waals surface area contributed by atoms with Gasteiger partial charge in [0, 0.05) is 18.8 Å². The Kier molecular flexibility index (Phi) is 3.12. The largest absolute Gasteiger partial charge is 0.494 e. The molecule has 0 unspecified atom stereocenters. The van der Waals surface area contributed by atoms with Gasteiger partial charge in [-0.1, -0.05) is 11.5 Å².